The van der Waals surface area contributed by atoms with Gasteiger partial charge in [0.25, 0.3) is 0 Å². The van der Waals surface area contributed by atoms with Crippen molar-refractivity contribution in [3.05, 3.63) is 145 Å². The number of ether oxygens (including phenoxy) is 1. The topological polar surface area (TPSA) is 96.5 Å². The lowest BCUT2D eigenvalue weighted by Crippen LogP contribution is -2.55. The summed E-state index contributed by atoms with van der Waals surface area (Å²) in [5.74, 6) is -0.429. The molecule has 3 atom stereocenters. The third-order valence-corrected chi connectivity index (χ3v) is 8.24. The van der Waals surface area contributed by atoms with Crippen LogP contribution in [-0.4, -0.2) is 42.8 Å². The minimum atomic E-state index is -0.959. The molecule has 7 heteroatoms. The van der Waals surface area contributed by atoms with Crippen LogP contribution in [0.15, 0.2) is 134 Å². The SMILES string of the molecule is C=C/C(=C\C=C/C)COC(=C)NC(Cc1ccc2ccccc2c1)C(=O)N[C@@H](Cc1cccc2ccccc12)C(=O)NC(C=O)CC(C)C. The van der Waals surface area contributed by atoms with Crippen molar-refractivity contribution in [2.24, 2.45) is 5.92 Å². The number of aldehydes is 1. The molecule has 4 aromatic carbocycles. The van der Waals surface area contributed by atoms with Gasteiger partial charge in [-0.15, -0.1) is 0 Å². The van der Waals surface area contributed by atoms with E-state index in [-0.39, 0.29) is 24.8 Å². The van der Waals surface area contributed by atoms with Gasteiger partial charge < -0.3 is 25.5 Å². The summed E-state index contributed by atoms with van der Waals surface area (Å²) in [4.78, 5) is 40.0. The van der Waals surface area contributed by atoms with Gasteiger partial charge in [0.2, 0.25) is 11.8 Å². The van der Waals surface area contributed by atoms with Crippen LogP contribution in [0.3, 0.4) is 0 Å². The Labute approximate surface area is 289 Å². The van der Waals surface area contributed by atoms with Crippen LogP contribution < -0.4 is 16.0 Å². The van der Waals surface area contributed by atoms with E-state index in [1.54, 1.807) is 6.08 Å². The van der Waals surface area contributed by atoms with Crippen molar-refractivity contribution >= 4 is 39.6 Å². The van der Waals surface area contributed by atoms with Gasteiger partial charge in [0.15, 0.2) is 5.88 Å². The van der Waals surface area contributed by atoms with E-state index < -0.39 is 29.9 Å². The number of nitrogens with one attached hydrogen (secondary N) is 3. The van der Waals surface area contributed by atoms with E-state index in [1.165, 1.54) is 0 Å². The first kappa shape index (κ1) is 36.4. The largest absolute Gasteiger partial charge is 0.475 e. The number of allylic oxidation sites excluding steroid dienone is 3. The van der Waals surface area contributed by atoms with Crippen molar-refractivity contribution in [3.8, 4) is 0 Å². The number of carbonyl (C=O) groups excluding carboxylic acids is 3. The van der Waals surface area contributed by atoms with Crippen LogP contribution in [0.2, 0.25) is 0 Å². The second-order valence-corrected chi connectivity index (χ2v) is 12.6. The summed E-state index contributed by atoms with van der Waals surface area (Å²) in [6.45, 7) is 14.0. The fourth-order valence-electron chi connectivity index (χ4n) is 5.72. The van der Waals surface area contributed by atoms with Gasteiger partial charge in [0, 0.05) is 12.8 Å². The number of carbonyl (C=O) groups is 3. The van der Waals surface area contributed by atoms with Crippen LogP contribution in [0, 0.1) is 5.92 Å². The molecule has 0 aliphatic rings. The third-order valence-electron chi connectivity index (χ3n) is 8.24. The molecule has 2 unspecified atom stereocenters. The molecule has 0 aliphatic heterocycles. The minimum absolute atomic E-state index is 0.192. The Kier molecular flexibility index (Phi) is 13.5. The molecule has 0 saturated heterocycles. The highest BCUT2D eigenvalue weighted by atomic mass is 16.5. The number of rotatable bonds is 18. The van der Waals surface area contributed by atoms with Crippen LogP contribution >= 0.6 is 0 Å². The van der Waals surface area contributed by atoms with Gasteiger partial charge >= 0.3 is 0 Å². The molecule has 2 amide bonds. The van der Waals surface area contributed by atoms with Crippen LogP contribution in [0.25, 0.3) is 21.5 Å². The maximum Gasteiger partial charge on any atom is 0.243 e. The molecule has 0 heterocycles. The zero-order valence-electron chi connectivity index (χ0n) is 28.7. The normalized spacial score (nSPS) is 13.5. The Morgan fingerprint density at radius 3 is 2.20 bits per heavy atom. The van der Waals surface area contributed by atoms with E-state index in [0.717, 1.165) is 44.5 Å². The number of hydrogen-bond donors (Lipinski definition) is 3. The maximum absolute atomic E-state index is 14.2. The Hall–Kier alpha value is -5.43. The van der Waals surface area contributed by atoms with Gasteiger partial charge in [0.05, 0.1) is 6.04 Å². The van der Waals surface area contributed by atoms with E-state index in [9.17, 15) is 14.4 Å². The quantitative estimate of drug-likeness (QED) is 0.0601. The van der Waals surface area contributed by atoms with Gasteiger partial charge in [-0.3, -0.25) is 9.59 Å². The number of benzene rings is 4. The van der Waals surface area contributed by atoms with Gasteiger partial charge in [-0.25, -0.2) is 0 Å². The van der Waals surface area contributed by atoms with E-state index in [1.807, 2.05) is 118 Å². The van der Waals surface area contributed by atoms with E-state index in [4.69, 9.17) is 4.74 Å². The molecule has 4 rings (SSSR count). The number of hydrogen-bond acceptors (Lipinski definition) is 5. The standard InChI is InChI=1S/C42H47N3O4/c1-6-8-14-31(7-2)28-49-30(5)43-39(25-32-21-22-33-15-9-10-17-35(33)24-32)42(48)45-40(41(47)44-37(27-46)23-29(3)4)26-36-19-13-18-34-16-11-12-20-38(34)36/h6-22,24,27,29,37,39-40,43H,2,5,23,25-26,28H2,1,3-4H3,(H,44,47)(H,45,48)/b8-6-,31-14+/t37?,39?,40-/m0/s1. The maximum atomic E-state index is 14.2. The molecule has 0 aromatic heterocycles. The Bertz CT molecular complexity index is 1840. The lowest BCUT2D eigenvalue weighted by Gasteiger charge is -2.26. The van der Waals surface area contributed by atoms with Crippen molar-refractivity contribution in [3.63, 3.8) is 0 Å². The van der Waals surface area contributed by atoms with Gasteiger partial charge in [-0.05, 0) is 64.1 Å². The van der Waals surface area contributed by atoms with Crippen LogP contribution in [0.1, 0.15) is 38.3 Å². The molecular weight excluding hydrogens is 610 g/mol. The Morgan fingerprint density at radius 2 is 1.49 bits per heavy atom. The monoisotopic (exact) mass is 657 g/mol. The fraction of sp³-hybridized carbons (Fsp3) is 0.262. The van der Waals surface area contributed by atoms with Crippen molar-refractivity contribution in [1.82, 2.24) is 16.0 Å². The second kappa shape index (κ2) is 18.2. The number of fused-ring (bicyclic) bond motifs is 2. The zero-order valence-corrected chi connectivity index (χ0v) is 28.7. The lowest BCUT2D eigenvalue weighted by atomic mass is 9.97. The summed E-state index contributed by atoms with van der Waals surface area (Å²) in [5.41, 5.74) is 2.67. The molecule has 0 saturated carbocycles. The molecule has 0 fully saturated rings. The molecule has 0 radical (unpaired) electrons. The highest BCUT2D eigenvalue weighted by molar-refractivity contribution is 5.93. The van der Waals surface area contributed by atoms with Crippen molar-refractivity contribution in [1.29, 1.82) is 0 Å². The molecule has 0 spiro atoms. The van der Waals surface area contributed by atoms with Crippen molar-refractivity contribution in [2.75, 3.05) is 6.61 Å². The average Bonchev–Trinajstić information content (AvgIpc) is 3.10. The molecular formula is C42H47N3O4. The molecule has 3 N–H and O–H groups in total. The van der Waals surface area contributed by atoms with Crippen molar-refractivity contribution < 1.29 is 19.1 Å². The highest BCUT2D eigenvalue weighted by Gasteiger charge is 2.29. The predicted molar refractivity (Wildman–Crippen MR) is 200 cm³/mol. The molecule has 49 heavy (non-hydrogen) atoms. The van der Waals surface area contributed by atoms with Crippen LogP contribution in [-0.2, 0) is 32.0 Å². The van der Waals surface area contributed by atoms with E-state index in [0.29, 0.717) is 12.8 Å². The highest BCUT2D eigenvalue weighted by Crippen LogP contribution is 2.21. The minimum Gasteiger partial charge on any atom is -0.475 e. The van der Waals surface area contributed by atoms with Gasteiger partial charge in [-0.1, -0.05) is 130 Å². The first-order chi connectivity index (χ1) is 23.7. The van der Waals surface area contributed by atoms with Crippen LogP contribution in [0.4, 0.5) is 0 Å². The summed E-state index contributed by atoms with van der Waals surface area (Å²) in [7, 11) is 0. The molecule has 0 aliphatic carbocycles. The molecule has 0 bridgehead atoms. The first-order valence-electron chi connectivity index (χ1n) is 16.7. The molecule has 4 aromatic rings. The van der Waals surface area contributed by atoms with Gasteiger partial charge in [-0.2, -0.15) is 0 Å². The summed E-state index contributed by atoms with van der Waals surface area (Å²) in [5, 5.41) is 13.2. The summed E-state index contributed by atoms with van der Waals surface area (Å²) < 4.78 is 5.90. The smallest absolute Gasteiger partial charge is 0.243 e. The van der Waals surface area contributed by atoms with Gasteiger partial charge in [0.1, 0.15) is 25.0 Å². The predicted octanol–water partition coefficient (Wildman–Crippen LogP) is 7.13. The van der Waals surface area contributed by atoms with E-state index in [2.05, 4.69) is 35.2 Å². The third kappa shape index (κ3) is 10.8. The fourth-order valence-corrected chi connectivity index (χ4v) is 5.72. The second-order valence-electron chi connectivity index (χ2n) is 12.6. The summed E-state index contributed by atoms with van der Waals surface area (Å²) >= 11 is 0. The molecule has 7 nitrogen and oxygen atoms in total. The van der Waals surface area contributed by atoms with Crippen molar-refractivity contribution in [2.45, 2.75) is 58.2 Å². The van der Waals surface area contributed by atoms with Crippen LogP contribution in [0.5, 0.6) is 0 Å². The zero-order chi connectivity index (χ0) is 35.2. The number of amides is 2. The summed E-state index contributed by atoms with van der Waals surface area (Å²) in [6.07, 6.45) is 9.16. The lowest BCUT2D eigenvalue weighted by molar-refractivity contribution is -0.131. The Morgan fingerprint density at radius 1 is 0.816 bits per heavy atom. The summed E-state index contributed by atoms with van der Waals surface area (Å²) in [6, 6.07) is 25.5. The molecule has 254 valence electrons. The van der Waals surface area contributed by atoms with E-state index >= 15 is 0 Å². The Balaban J connectivity index is 1.63. The average molecular weight is 658 g/mol. The first-order valence-corrected chi connectivity index (χ1v) is 16.7.